The summed E-state index contributed by atoms with van der Waals surface area (Å²) in [5.41, 5.74) is 1.16. The van der Waals surface area contributed by atoms with Crippen LogP contribution in [0.1, 0.15) is 0 Å². The molecular formula is C13H11Br2NO2S. The molecule has 0 N–H and O–H groups in total. The van der Waals surface area contributed by atoms with Gasteiger partial charge in [-0.05, 0) is 56.1 Å². The zero-order chi connectivity index (χ0) is 14.0. The Labute approximate surface area is 129 Å². The number of halogens is 2. The van der Waals surface area contributed by atoms with E-state index in [1.54, 1.807) is 24.3 Å². The molecule has 6 heteroatoms. The second-order valence-electron chi connectivity index (χ2n) is 3.93. The zero-order valence-electron chi connectivity index (χ0n) is 10.0. The van der Waals surface area contributed by atoms with Crippen LogP contribution in [0.5, 0.6) is 0 Å². The van der Waals surface area contributed by atoms with E-state index in [4.69, 9.17) is 0 Å². The number of benzene rings is 2. The van der Waals surface area contributed by atoms with Crippen LogP contribution in [0.3, 0.4) is 0 Å². The van der Waals surface area contributed by atoms with Crippen molar-refractivity contribution in [2.75, 3.05) is 10.6 Å². The Morgan fingerprint density at radius 3 is 1.53 bits per heavy atom. The van der Waals surface area contributed by atoms with Gasteiger partial charge in [0.15, 0.2) is 0 Å². The third-order valence-electron chi connectivity index (χ3n) is 2.47. The molecule has 2 aromatic carbocycles. The summed E-state index contributed by atoms with van der Waals surface area (Å²) in [4.78, 5) is 0. The van der Waals surface area contributed by atoms with Gasteiger partial charge in [-0.15, -0.1) is 0 Å². The Morgan fingerprint density at radius 2 is 1.21 bits per heavy atom. The van der Waals surface area contributed by atoms with E-state index in [1.165, 1.54) is 10.6 Å². The second kappa shape index (κ2) is 5.64. The lowest BCUT2D eigenvalue weighted by Gasteiger charge is -2.24. The molecule has 100 valence electrons. The molecule has 0 fully saturated rings. The first-order valence-electron chi connectivity index (χ1n) is 5.40. The number of sulfonamides is 1. The number of anilines is 2. The van der Waals surface area contributed by atoms with Crippen LogP contribution in [-0.2, 0) is 10.0 Å². The van der Waals surface area contributed by atoms with Crippen LogP contribution < -0.4 is 4.31 Å². The molecule has 3 nitrogen and oxygen atoms in total. The van der Waals surface area contributed by atoms with Gasteiger partial charge in [-0.1, -0.05) is 24.3 Å². The highest BCUT2D eigenvalue weighted by molar-refractivity contribution is 9.11. The summed E-state index contributed by atoms with van der Waals surface area (Å²) < 4.78 is 27.0. The van der Waals surface area contributed by atoms with Crippen molar-refractivity contribution >= 4 is 53.3 Å². The molecule has 0 aliphatic carbocycles. The number of para-hydroxylation sites is 2. The van der Waals surface area contributed by atoms with E-state index in [-0.39, 0.29) is 0 Å². The first-order valence-corrected chi connectivity index (χ1v) is 8.84. The number of hydrogen-bond donors (Lipinski definition) is 0. The molecule has 0 bridgehead atoms. The van der Waals surface area contributed by atoms with Crippen molar-refractivity contribution in [3.05, 3.63) is 57.5 Å². The highest BCUT2D eigenvalue weighted by Gasteiger charge is 2.23. The third-order valence-corrected chi connectivity index (χ3v) is 4.87. The Bertz CT molecular complexity index is 656. The lowest BCUT2D eigenvalue weighted by Crippen LogP contribution is -2.25. The molecule has 0 spiro atoms. The highest BCUT2D eigenvalue weighted by Crippen LogP contribution is 2.37. The van der Waals surface area contributed by atoms with E-state index in [2.05, 4.69) is 31.9 Å². The summed E-state index contributed by atoms with van der Waals surface area (Å²) in [6, 6.07) is 14.4. The van der Waals surface area contributed by atoms with E-state index in [9.17, 15) is 8.42 Å². The fourth-order valence-electron chi connectivity index (χ4n) is 1.72. The van der Waals surface area contributed by atoms with Crippen molar-refractivity contribution in [2.45, 2.75) is 0 Å². The predicted molar refractivity (Wildman–Crippen MR) is 85.3 cm³/mol. The molecule has 0 amide bonds. The minimum absolute atomic E-state index is 0.580. The van der Waals surface area contributed by atoms with E-state index in [0.29, 0.717) is 11.4 Å². The van der Waals surface area contributed by atoms with Crippen LogP contribution in [0, 0.1) is 0 Å². The van der Waals surface area contributed by atoms with E-state index in [0.717, 1.165) is 8.95 Å². The molecule has 0 aliphatic heterocycles. The largest absolute Gasteiger partial charge is 0.236 e. The SMILES string of the molecule is CS(=O)(=O)N(c1ccccc1Br)c1ccccc1Br. The second-order valence-corrected chi connectivity index (χ2v) is 7.47. The molecule has 0 aromatic heterocycles. The van der Waals surface area contributed by atoms with E-state index < -0.39 is 10.0 Å². The fraction of sp³-hybridized carbons (Fsp3) is 0.0769. The smallest absolute Gasteiger partial charge is 0.236 e. The standard InChI is InChI=1S/C13H11Br2NO2S/c1-19(17,18)16(12-8-4-2-6-10(12)14)13-9-5-3-7-11(13)15/h2-9H,1H3. The molecule has 0 heterocycles. The summed E-state index contributed by atoms with van der Waals surface area (Å²) in [5.74, 6) is 0. The van der Waals surface area contributed by atoms with Gasteiger partial charge in [-0.3, -0.25) is 0 Å². The van der Waals surface area contributed by atoms with Gasteiger partial charge in [-0.2, -0.15) is 0 Å². The van der Waals surface area contributed by atoms with Crippen molar-refractivity contribution in [3.8, 4) is 0 Å². The summed E-state index contributed by atoms with van der Waals surface area (Å²) in [5, 5.41) is 0. The molecule has 2 aromatic rings. The topological polar surface area (TPSA) is 37.4 Å². The van der Waals surface area contributed by atoms with Gasteiger partial charge >= 0.3 is 0 Å². The Kier molecular flexibility index (Phi) is 4.32. The van der Waals surface area contributed by atoms with E-state index in [1.807, 2.05) is 24.3 Å². The zero-order valence-corrected chi connectivity index (χ0v) is 14.0. The maximum atomic E-state index is 12.1. The molecule has 19 heavy (non-hydrogen) atoms. The molecule has 0 saturated carbocycles. The van der Waals surface area contributed by atoms with E-state index >= 15 is 0 Å². The minimum Gasteiger partial charge on any atom is -0.236 e. The maximum Gasteiger partial charge on any atom is 0.236 e. The van der Waals surface area contributed by atoms with Gasteiger partial charge in [0.05, 0.1) is 17.6 Å². The number of rotatable bonds is 3. The van der Waals surface area contributed by atoms with Crippen LogP contribution >= 0.6 is 31.9 Å². The monoisotopic (exact) mass is 403 g/mol. The van der Waals surface area contributed by atoms with Gasteiger partial charge in [0, 0.05) is 8.95 Å². The first kappa shape index (κ1) is 14.6. The number of hydrogen-bond acceptors (Lipinski definition) is 2. The summed E-state index contributed by atoms with van der Waals surface area (Å²) in [6.07, 6.45) is 1.19. The quantitative estimate of drug-likeness (QED) is 0.764. The molecule has 0 radical (unpaired) electrons. The molecule has 0 atom stereocenters. The van der Waals surface area contributed by atoms with Crippen LogP contribution in [0.2, 0.25) is 0 Å². The average molecular weight is 405 g/mol. The predicted octanol–water partition coefficient (Wildman–Crippen LogP) is 4.31. The van der Waals surface area contributed by atoms with Gasteiger partial charge < -0.3 is 0 Å². The average Bonchev–Trinajstić information content (AvgIpc) is 2.33. The third kappa shape index (κ3) is 3.19. The minimum atomic E-state index is -3.44. The van der Waals surface area contributed by atoms with Crippen LogP contribution in [-0.4, -0.2) is 14.7 Å². The van der Waals surface area contributed by atoms with Crippen molar-refractivity contribution in [1.29, 1.82) is 0 Å². The Morgan fingerprint density at radius 1 is 0.842 bits per heavy atom. The van der Waals surface area contributed by atoms with Gasteiger partial charge in [0.2, 0.25) is 10.0 Å². The highest BCUT2D eigenvalue weighted by atomic mass is 79.9. The summed E-state index contributed by atoms with van der Waals surface area (Å²) in [6.45, 7) is 0. The van der Waals surface area contributed by atoms with Crippen molar-refractivity contribution in [3.63, 3.8) is 0 Å². The molecule has 0 unspecified atom stereocenters. The summed E-state index contributed by atoms with van der Waals surface area (Å²) >= 11 is 6.78. The Balaban J connectivity index is 2.70. The normalized spacial score (nSPS) is 11.3. The van der Waals surface area contributed by atoms with Crippen LogP contribution in [0.4, 0.5) is 11.4 Å². The lowest BCUT2D eigenvalue weighted by molar-refractivity contribution is 0.602. The van der Waals surface area contributed by atoms with Crippen molar-refractivity contribution in [1.82, 2.24) is 0 Å². The lowest BCUT2D eigenvalue weighted by atomic mass is 10.3. The van der Waals surface area contributed by atoms with Crippen LogP contribution in [0.25, 0.3) is 0 Å². The van der Waals surface area contributed by atoms with Crippen LogP contribution in [0.15, 0.2) is 57.5 Å². The number of nitrogens with zero attached hydrogens (tertiary/aromatic N) is 1. The fourth-order valence-corrected chi connectivity index (χ4v) is 3.91. The van der Waals surface area contributed by atoms with Crippen molar-refractivity contribution < 1.29 is 8.42 Å². The van der Waals surface area contributed by atoms with Gasteiger partial charge in [0.1, 0.15) is 0 Å². The molecule has 2 rings (SSSR count). The Hall–Kier alpha value is -0.850. The van der Waals surface area contributed by atoms with Gasteiger partial charge in [0.25, 0.3) is 0 Å². The van der Waals surface area contributed by atoms with Gasteiger partial charge in [-0.25, -0.2) is 12.7 Å². The van der Waals surface area contributed by atoms with Crippen molar-refractivity contribution in [2.24, 2.45) is 0 Å². The molecular weight excluding hydrogens is 394 g/mol. The molecule has 0 saturated heterocycles. The maximum absolute atomic E-state index is 12.1. The summed E-state index contributed by atoms with van der Waals surface area (Å²) in [7, 11) is -3.44. The first-order chi connectivity index (χ1) is 8.91. The molecule has 0 aliphatic rings.